The summed E-state index contributed by atoms with van der Waals surface area (Å²) < 4.78 is 30.9. The largest absolute Gasteiger partial charge is 0.455 e. The number of hydrogen-bond donors (Lipinski definition) is 1. The molecule has 29 heavy (non-hydrogen) atoms. The number of amides is 1. The number of hydrogen-bond acceptors (Lipinski definition) is 5. The molecule has 0 unspecified atom stereocenters. The van der Waals surface area contributed by atoms with Gasteiger partial charge >= 0.3 is 5.97 Å². The Morgan fingerprint density at radius 1 is 1.03 bits per heavy atom. The molecule has 7 nitrogen and oxygen atoms in total. The molecule has 3 rings (SSSR count). The number of sulfonamides is 1. The highest BCUT2D eigenvalue weighted by atomic mass is 32.2. The highest BCUT2D eigenvalue weighted by Crippen LogP contribution is 2.18. The zero-order chi connectivity index (χ0) is 20.7. The first kappa shape index (κ1) is 20.8. The maximum atomic E-state index is 12.3. The SMILES string of the molecule is O=C(CNS(=O)(=O)/C=C/c1ccccc1)OCC(=O)N1CCc2ccccc2C1. The van der Waals surface area contributed by atoms with E-state index in [0.29, 0.717) is 18.7 Å². The van der Waals surface area contributed by atoms with Gasteiger partial charge in [-0.1, -0.05) is 54.6 Å². The molecule has 8 heteroatoms. The number of ether oxygens (including phenoxy) is 1. The average molecular weight is 414 g/mol. The molecule has 152 valence electrons. The third-order valence-corrected chi connectivity index (χ3v) is 5.54. The van der Waals surface area contributed by atoms with Gasteiger partial charge in [-0.15, -0.1) is 0 Å². The molecular weight excluding hydrogens is 392 g/mol. The smallest absolute Gasteiger partial charge is 0.321 e. The number of rotatable bonds is 7. The molecule has 1 amide bonds. The summed E-state index contributed by atoms with van der Waals surface area (Å²) in [6.45, 7) is 0.0773. The van der Waals surface area contributed by atoms with Crippen molar-refractivity contribution in [3.63, 3.8) is 0 Å². The number of fused-ring (bicyclic) bond motifs is 1. The monoisotopic (exact) mass is 414 g/mol. The lowest BCUT2D eigenvalue weighted by molar-refractivity contribution is -0.151. The standard InChI is InChI=1S/C21H22N2O5S/c24-20(23-12-10-18-8-4-5-9-19(18)15-23)16-28-21(25)14-22-29(26,27)13-11-17-6-2-1-3-7-17/h1-9,11,13,22H,10,12,14-16H2/b13-11+. The van der Waals surface area contributed by atoms with Crippen LogP contribution in [-0.4, -0.2) is 44.9 Å². The van der Waals surface area contributed by atoms with Gasteiger partial charge in [0.05, 0.1) is 0 Å². The minimum absolute atomic E-state index is 0.306. The van der Waals surface area contributed by atoms with Crippen molar-refractivity contribution in [3.05, 3.63) is 76.7 Å². The van der Waals surface area contributed by atoms with Crippen LogP contribution in [-0.2, 0) is 37.3 Å². The summed E-state index contributed by atoms with van der Waals surface area (Å²) in [5.41, 5.74) is 3.01. The Morgan fingerprint density at radius 2 is 1.72 bits per heavy atom. The van der Waals surface area contributed by atoms with Gasteiger partial charge in [0.25, 0.3) is 5.91 Å². The highest BCUT2D eigenvalue weighted by molar-refractivity contribution is 7.92. The van der Waals surface area contributed by atoms with Crippen LogP contribution in [0.15, 0.2) is 60.0 Å². The Bertz CT molecular complexity index is 1000. The van der Waals surface area contributed by atoms with Gasteiger partial charge in [0.1, 0.15) is 6.54 Å². The van der Waals surface area contributed by atoms with Gasteiger partial charge in [0, 0.05) is 18.5 Å². The van der Waals surface area contributed by atoms with E-state index >= 15 is 0 Å². The first-order valence-electron chi connectivity index (χ1n) is 9.16. The van der Waals surface area contributed by atoms with Crippen molar-refractivity contribution < 1.29 is 22.7 Å². The summed E-state index contributed by atoms with van der Waals surface area (Å²) in [4.78, 5) is 25.7. The molecule has 1 N–H and O–H groups in total. The van der Waals surface area contributed by atoms with Gasteiger partial charge < -0.3 is 9.64 Å². The number of carbonyl (C=O) groups is 2. The molecule has 2 aromatic carbocycles. The van der Waals surface area contributed by atoms with E-state index in [1.165, 1.54) is 11.6 Å². The number of nitrogens with zero attached hydrogens (tertiary/aromatic N) is 1. The van der Waals surface area contributed by atoms with Crippen molar-refractivity contribution in [2.45, 2.75) is 13.0 Å². The van der Waals surface area contributed by atoms with Crippen molar-refractivity contribution in [3.8, 4) is 0 Å². The molecule has 1 aliphatic heterocycles. The lowest BCUT2D eigenvalue weighted by atomic mass is 10.00. The molecule has 0 bridgehead atoms. The van der Waals surface area contributed by atoms with Gasteiger partial charge in [0.15, 0.2) is 6.61 Å². The summed E-state index contributed by atoms with van der Waals surface area (Å²) in [7, 11) is -3.79. The van der Waals surface area contributed by atoms with Crippen molar-refractivity contribution in [2.75, 3.05) is 19.7 Å². The van der Waals surface area contributed by atoms with E-state index in [1.54, 1.807) is 29.2 Å². The van der Waals surface area contributed by atoms with Gasteiger partial charge in [-0.05, 0) is 29.2 Å². The quantitative estimate of drug-likeness (QED) is 0.697. The average Bonchev–Trinajstić information content (AvgIpc) is 2.75. The molecule has 1 aliphatic rings. The molecule has 0 fully saturated rings. The summed E-state index contributed by atoms with van der Waals surface area (Å²) in [6, 6.07) is 16.8. The van der Waals surface area contributed by atoms with E-state index in [1.807, 2.05) is 30.3 Å². The van der Waals surface area contributed by atoms with Crippen LogP contribution >= 0.6 is 0 Å². The molecular formula is C21H22N2O5S. The minimum atomic E-state index is -3.79. The Hall–Kier alpha value is -2.97. The maximum Gasteiger partial charge on any atom is 0.321 e. The first-order valence-corrected chi connectivity index (χ1v) is 10.7. The summed E-state index contributed by atoms with van der Waals surface area (Å²) in [5, 5.41) is 0.978. The Morgan fingerprint density at radius 3 is 2.48 bits per heavy atom. The zero-order valence-electron chi connectivity index (χ0n) is 15.8. The van der Waals surface area contributed by atoms with Crippen molar-refractivity contribution in [2.24, 2.45) is 0 Å². The minimum Gasteiger partial charge on any atom is -0.455 e. The number of carbonyl (C=O) groups excluding carboxylic acids is 2. The van der Waals surface area contributed by atoms with Crippen LogP contribution in [0.5, 0.6) is 0 Å². The van der Waals surface area contributed by atoms with Crippen molar-refractivity contribution in [1.29, 1.82) is 0 Å². The Labute approximate surface area is 170 Å². The normalized spacial score (nSPS) is 13.9. The Balaban J connectivity index is 1.43. The van der Waals surface area contributed by atoms with Crippen LogP contribution in [0.25, 0.3) is 6.08 Å². The summed E-state index contributed by atoms with van der Waals surface area (Å²) in [5.74, 6) is -1.12. The highest BCUT2D eigenvalue weighted by Gasteiger charge is 2.21. The summed E-state index contributed by atoms with van der Waals surface area (Å²) in [6.07, 6.45) is 2.18. The topological polar surface area (TPSA) is 92.8 Å². The van der Waals surface area contributed by atoms with E-state index in [-0.39, 0.29) is 5.91 Å². The molecule has 0 aliphatic carbocycles. The number of nitrogens with one attached hydrogen (secondary N) is 1. The zero-order valence-corrected chi connectivity index (χ0v) is 16.6. The van der Waals surface area contributed by atoms with Gasteiger partial charge in [-0.25, -0.2) is 13.1 Å². The molecule has 0 atom stereocenters. The fraction of sp³-hybridized carbons (Fsp3) is 0.238. The lowest BCUT2D eigenvalue weighted by Crippen LogP contribution is -2.39. The second-order valence-corrected chi connectivity index (χ2v) is 8.23. The van der Waals surface area contributed by atoms with E-state index < -0.39 is 29.1 Å². The second-order valence-electron chi connectivity index (χ2n) is 6.57. The van der Waals surface area contributed by atoms with Crippen LogP contribution in [0.4, 0.5) is 0 Å². The number of esters is 1. The predicted octanol–water partition coefficient (Wildman–Crippen LogP) is 1.70. The first-order chi connectivity index (χ1) is 13.9. The lowest BCUT2D eigenvalue weighted by Gasteiger charge is -2.28. The third kappa shape index (κ3) is 6.27. The predicted molar refractivity (Wildman–Crippen MR) is 109 cm³/mol. The van der Waals surface area contributed by atoms with Gasteiger partial charge in [-0.2, -0.15) is 0 Å². The fourth-order valence-electron chi connectivity index (χ4n) is 2.93. The van der Waals surface area contributed by atoms with E-state index in [0.717, 1.165) is 17.4 Å². The van der Waals surface area contributed by atoms with Crippen LogP contribution in [0.3, 0.4) is 0 Å². The van der Waals surface area contributed by atoms with Gasteiger partial charge in [-0.3, -0.25) is 9.59 Å². The van der Waals surface area contributed by atoms with Crippen LogP contribution in [0.1, 0.15) is 16.7 Å². The molecule has 0 aromatic heterocycles. The van der Waals surface area contributed by atoms with E-state index in [4.69, 9.17) is 4.74 Å². The van der Waals surface area contributed by atoms with Crippen molar-refractivity contribution >= 4 is 28.0 Å². The van der Waals surface area contributed by atoms with Crippen LogP contribution < -0.4 is 4.72 Å². The van der Waals surface area contributed by atoms with Crippen molar-refractivity contribution in [1.82, 2.24) is 9.62 Å². The fourth-order valence-corrected chi connectivity index (χ4v) is 3.68. The van der Waals surface area contributed by atoms with E-state index in [9.17, 15) is 18.0 Å². The molecule has 0 radical (unpaired) electrons. The molecule has 2 aromatic rings. The second kappa shape index (κ2) is 9.49. The molecule has 0 spiro atoms. The summed E-state index contributed by atoms with van der Waals surface area (Å²) >= 11 is 0. The van der Waals surface area contributed by atoms with Crippen LogP contribution in [0, 0.1) is 0 Å². The molecule has 0 saturated carbocycles. The van der Waals surface area contributed by atoms with E-state index in [2.05, 4.69) is 4.72 Å². The van der Waals surface area contributed by atoms with Gasteiger partial charge in [0.2, 0.25) is 10.0 Å². The van der Waals surface area contributed by atoms with Crippen LogP contribution in [0.2, 0.25) is 0 Å². The maximum absolute atomic E-state index is 12.3. The molecule has 1 heterocycles. The molecule has 0 saturated heterocycles. The number of benzene rings is 2. The Kier molecular flexibility index (Phi) is 6.79. The third-order valence-electron chi connectivity index (χ3n) is 4.50.